The van der Waals surface area contributed by atoms with Crippen LogP contribution in [0.25, 0.3) is 10.9 Å². The molecule has 3 aromatic carbocycles. The van der Waals surface area contributed by atoms with Crippen LogP contribution in [0.4, 0.5) is 13.2 Å². The van der Waals surface area contributed by atoms with E-state index in [1.807, 2.05) is 30.3 Å². The zero-order valence-electron chi connectivity index (χ0n) is 17.1. The molecule has 1 aromatic heterocycles. The van der Waals surface area contributed by atoms with Crippen molar-refractivity contribution in [3.63, 3.8) is 0 Å². The van der Waals surface area contributed by atoms with Gasteiger partial charge in [-0.15, -0.1) is 0 Å². The number of rotatable bonds is 7. The Kier molecular flexibility index (Phi) is 6.00. The highest BCUT2D eigenvalue weighted by atomic mass is 19.4. The molecule has 0 saturated heterocycles. The van der Waals surface area contributed by atoms with Gasteiger partial charge in [-0.05, 0) is 47.0 Å². The van der Waals surface area contributed by atoms with Gasteiger partial charge in [-0.25, -0.2) is 0 Å². The number of nitrogens with one attached hydrogen (secondary N) is 1. The average molecular weight is 424 g/mol. The van der Waals surface area contributed by atoms with E-state index in [4.69, 9.17) is 4.74 Å². The Balaban J connectivity index is 1.52. The molecule has 0 bridgehead atoms. The maximum atomic E-state index is 12.7. The summed E-state index contributed by atoms with van der Waals surface area (Å²) in [5.74, 6) is 0.786. The zero-order valence-corrected chi connectivity index (χ0v) is 17.1. The highest BCUT2D eigenvalue weighted by molar-refractivity contribution is 5.85. The van der Waals surface area contributed by atoms with Crippen molar-refractivity contribution in [2.45, 2.75) is 25.8 Å². The van der Waals surface area contributed by atoms with E-state index in [-0.39, 0.29) is 0 Å². The first kappa shape index (κ1) is 21.0. The molecule has 3 nitrogen and oxygen atoms in total. The first-order valence-corrected chi connectivity index (χ1v) is 10.0. The van der Waals surface area contributed by atoms with Crippen LogP contribution >= 0.6 is 0 Å². The Bertz CT molecular complexity index is 1150. The minimum Gasteiger partial charge on any atom is -0.497 e. The smallest absolute Gasteiger partial charge is 0.416 e. The number of hydrogen-bond acceptors (Lipinski definition) is 2. The third kappa shape index (κ3) is 4.91. The normalized spacial score (nSPS) is 11.7. The van der Waals surface area contributed by atoms with Crippen molar-refractivity contribution in [1.29, 1.82) is 0 Å². The lowest BCUT2D eigenvalue weighted by Gasteiger charge is -2.08. The van der Waals surface area contributed by atoms with Gasteiger partial charge in [0.05, 0.1) is 12.7 Å². The van der Waals surface area contributed by atoms with Gasteiger partial charge in [0.15, 0.2) is 0 Å². The van der Waals surface area contributed by atoms with Gasteiger partial charge in [0.2, 0.25) is 0 Å². The van der Waals surface area contributed by atoms with Gasteiger partial charge >= 0.3 is 6.18 Å². The molecular weight excluding hydrogens is 401 g/mol. The molecule has 0 fully saturated rings. The molecule has 4 rings (SSSR count). The van der Waals surface area contributed by atoms with Crippen LogP contribution < -0.4 is 10.1 Å². The van der Waals surface area contributed by atoms with Crippen LogP contribution in [0.5, 0.6) is 5.75 Å². The molecule has 31 heavy (non-hydrogen) atoms. The highest BCUT2D eigenvalue weighted by Crippen LogP contribution is 2.29. The number of fused-ring (bicyclic) bond motifs is 1. The molecule has 1 N–H and O–H groups in total. The Labute approximate surface area is 179 Å². The van der Waals surface area contributed by atoms with Gasteiger partial charge in [0.1, 0.15) is 5.75 Å². The predicted octanol–water partition coefficient (Wildman–Crippen LogP) is 6.01. The Morgan fingerprint density at radius 2 is 1.61 bits per heavy atom. The predicted molar refractivity (Wildman–Crippen MR) is 116 cm³/mol. The third-order valence-corrected chi connectivity index (χ3v) is 5.29. The van der Waals surface area contributed by atoms with Gasteiger partial charge in [0, 0.05) is 36.7 Å². The van der Waals surface area contributed by atoms with Crippen molar-refractivity contribution >= 4 is 10.9 Å². The molecule has 0 aliphatic heterocycles. The number of ether oxygens (including phenoxy) is 1. The molecule has 0 unspecified atom stereocenters. The number of benzene rings is 3. The summed E-state index contributed by atoms with van der Waals surface area (Å²) in [6, 6.07) is 21.5. The molecule has 160 valence electrons. The average Bonchev–Trinajstić information content (AvgIpc) is 3.10. The van der Waals surface area contributed by atoms with E-state index >= 15 is 0 Å². The van der Waals surface area contributed by atoms with Crippen molar-refractivity contribution in [1.82, 2.24) is 9.88 Å². The maximum absolute atomic E-state index is 12.7. The van der Waals surface area contributed by atoms with Crippen LogP contribution in [0.15, 0.2) is 79.0 Å². The van der Waals surface area contributed by atoms with Gasteiger partial charge in [-0.2, -0.15) is 13.2 Å². The van der Waals surface area contributed by atoms with E-state index in [1.54, 1.807) is 7.11 Å². The number of aromatic nitrogens is 1. The topological polar surface area (TPSA) is 26.2 Å². The van der Waals surface area contributed by atoms with E-state index in [1.165, 1.54) is 17.7 Å². The first-order chi connectivity index (χ1) is 14.9. The van der Waals surface area contributed by atoms with Crippen molar-refractivity contribution in [2.24, 2.45) is 0 Å². The fourth-order valence-electron chi connectivity index (χ4n) is 3.68. The summed E-state index contributed by atoms with van der Waals surface area (Å²) in [7, 11) is 1.64. The summed E-state index contributed by atoms with van der Waals surface area (Å²) in [4.78, 5) is 0. The second kappa shape index (κ2) is 8.86. The van der Waals surface area contributed by atoms with Crippen LogP contribution in [-0.2, 0) is 25.8 Å². The molecule has 0 aliphatic rings. The summed E-state index contributed by atoms with van der Waals surface area (Å²) in [5.41, 5.74) is 3.60. The number of methoxy groups -OCH3 is 1. The van der Waals surface area contributed by atoms with E-state index in [0.29, 0.717) is 13.1 Å². The molecule has 0 radical (unpaired) electrons. The quantitative estimate of drug-likeness (QED) is 0.393. The second-order valence-electron chi connectivity index (χ2n) is 7.45. The molecule has 0 spiro atoms. The maximum Gasteiger partial charge on any atom is 0.416 e. The third-order valence-electron chi connectivity index (χ3n) is 5.29. The van der Waals surface area contributed by atoms with Gasteiger partial charge < -0.3 is 14.6 Å². The molecule has 6 heteroatoms. The number of halogens is 3. The molecular formula is C25H23F3N2O. The van der Waals surface area contributed by atoms with Gasteiger partial charge in [-0.1, -0.05) is 42.5 Å². The van der Waals surface area contributed by atoms with E-state index in [2.05, 4.69) is 34.3 Å². The molecule has 0 aliphatic carbocycles. The highest BCUT2D eigenvalue weighted by Gasteiger charge is 2.29. The summed E-state index contributed by atoms with van der Waals surface area (Å²) in [6.45, 7) is 1.82. The van der Waals surface area contributed by atoms with E-state index in [0.717, 1.165) is 46.5 Å². The number of hydrogen-bond donors (Lipinski definition) is 1. The Hall–Kier alpha value is -3.25. The zero-order chi connectivity index (χ0) is 21.8. The minimum absolute atomic E-state index is 0.480. The van der Waals surface area contributed by atoms with Crippen LogP contribution in [0.1, 0.15) is 22.3 Å². The van der Waals surface area contributed by atoms with E-state index < -0.39 is 11.7 Å². The van der Waals surface area contributed by atoms with E-state index in [9.17, 15) is 13.2 Å². The van der Waals surface area contributed by atoms with Crippen molar-refractivity contribution < 1.29 is 17.9 Å². The summed E-state index contributed by atoms with van der Waals surface area (Å²) in [5, 5.41) is 4.44. The van der Waals surface area contributed by atoms with Crippen molar-refractivity contribution in [2.75, 3.05) is 7.11 Å². The molecule has 1 heterocycles. The van der Waals surface area contributed by atoms with Crippen LogP contribution in [0, 0.1) is 0 Å². The second-order valence-corrected chi connectivity index (χ2v) is 7.45. The molecule has 4 aromatic rings. The lowest BCUT2D eigenvalue weighted by molar-refractivity contribution is -0.137. The molecule has 0 saturated carbocycles. The van der Waals surface area contributed by atoms with Crippen LogP contribution in [-0.4, -0.2) is 11.7 Å². The van der Waals surface area contributed by atoms with Crippen LogP contribution in [0.3, 0.4) is 0 Å². The molecule has 0 amide bonds. The lowest BCUT2D eigenvalue weighted by atomic mass is 10.1. The van der Waals surface area contributed by atoms with Crippen molar-refractivity contribution in [3.05, 3.63) is 101 Å². The Morgan fingerprint density at radius 3 is 2.29 bits per heavy atom. The summed E-state index contributed by atoms with van der Waals surface area (Å²) >= 11 is 0. The fraction of sp³-hybridized carbons (Fsp3) is 0.200. The number of nitrogens with zero attached hydrogens (tertiary/aromatic N) is 1. The fourth-order valence-corrected chi connectivity index (χ4v) is 3.68. The van der Waals surface area contributed by atoms with Crippen molar-refractivity contribution in [3.8, 4) is 5.75 Å². The summed E-state index contributed by atoms with van der Waals surface area (Å²) < 4.78 is 45.8. The SMILES string of the molecule is COc1ccc2c(c1)c(CNCc1ccc(C(F)(F)F)cc1)cn2Cc1ccccc1. The van der Waals surface area contributed by atoms with Crippen LogP contribution in [0.2, 0.25) is 0 Å². The minimum atomic E-state index is -4.31. The Morgan fingerprint density at radius 1 is 0.871 bits per heavy atom. The van der Waals surface area contributed by atoms with Gasteiger partial charge in [-0.3, -0.25) is 0 Å². The molecule has 0 atom stereocenters. The standard InChI is InChI=1S/C25H23F3N2O/c1-31-22-11-12-24-23(13-22)20(17-30(24)16-19-5-3-2-4-6-19)15-29-14-18-7-9-21(10-8-18)25(26,27)28/h2-13,17,29H,14-16H2,1H3. The number of alkyl halides is 3. The largest absolute Gasteiger partial charge is 0.497 e. The first-order valence-electron chi connectivity index (χ1n) is 10.0. The lowest BCUT2D eigenvalue weighted by Crippen LogP contribution is -2.13. The monoisotopic (exact) mass is 424 g/mol. The summed E-state index contributed by atoms with van der Waals surface area (Å²) in [6.07, 6.45) is -2.19. The van der Waals surface area contributed by atoms with Gasteiger partial charge in [0.25, 0.3) is 0 Å².